The summed E-state index contributed by atoms with van der Waals surface area (Å²) in [5.74, 6) is 1.51. The first-order valence-electron chi connectivity index (χ1n) is 10.6. The van der Waals surface area contributed by atoms with Crippen LogP contribution in [0.1, 0.15) is 44.6 Å². The second-order valence-corrected chi connectivity index (χ2v) is 7.60. The lowest BCUT2D eigenvalue weighted by atomic mass is 10.2. The van der Waals surface area contributed by atoms with Gasteiger partial charge in [0.15, 0.2) is 5.96 Å². The molecule has 1 unspecified atom stereocenters. The summed E-state index contributed by atoms with van der Waals surface area (Å²) in [6.07, 6.45) is 8.56. The molecule has 1 aromatic rings. The average Bonchev–Trinajstić information content (AvgIpc) is 3.39. The molecule has 0 radical (unpaired) electrons. The van der Waals surface area contributed by atoms with Gasteiger partial charge in [-0.05, 0) is 31.7 Å². The molecule has 2 aliphatic rings. The van der Waals surface area contributed by atoms with Gasteiger partial charge in [-0.2, -0.15) is 0 Å². The molecule has 1 saturated carbocycles. The normalized spacial score (nSPS) is 20.5. The fourth-order valence-corrected chi connectivity index (χ4v) is 4.01. The largest absolute Gasteiger partial charge is 0.475 e. The van der Waals surface area contributed by atoms with Gasteiger partial charge < -0.3 is 20.1 Å². The van der Waals surface area contributed by atoms with E-state index in [1.165, 1.54) is 38.6 Å². The van der Waals surface area contributed by atoms with E-state index >= 15 is 0 Å². The summed E-state index contributed by atoms with van der Waals surface area (Å²) in [7, 11) is 1.66. The Morgan fingerprint density at radius 2 is 2.07 bits per heavy atom. The van der Waals surface area contributed by atoms with Crippen molar-refractivity contribution in [3.05, 3.63) is 23.9 Å². The van der Waals surface area contributed by atoms with Gasteiger partial charge in [0.1, 0.15) is 6.61 Å². The van der Waals surface area contributed by atoms with Crippen molar-refractivity contribution in [3.63, 3.8) is 0 Å². The molecular formula is C21H36IN5O2. The lowest BCUT2D eigenvalue weighted by Crippen LogP contribution is -2.45. The summed E-state index contributed by atoms with van der Waals surface area (Å²) < 4.78 is 10.5. The Morgan fingerprint density at radius 1 is 1.24 bits per heavy atom. The average molecular weight is 517 g/mol. The monoisotopic (exact) mass is 517 g/mol. The number of ether oxygens (including phenoxy) is 2. The quantitative estimate of drug-likeness (QED) is 0.227. The molecule has 0 aromatic carbocycles. The van der Waals surface area contributed by atoms with E-state index in [9.17, 15) is 0 Å². The molecule has 8 heteroatoms. The van der Waals surface area contributed by atoms with Crippen LogP contribution in [0, 0.1) is 0 Å². The van der Waals surface area contributed by atoms with Gasteiger partial charge in [0.05, 0.1) is 13.2 Å². The number of nitrogens with one attached hydrogen (secondary N) is 2. The number of hydrogen-bond acceptors (Lipinski definition) is 5. The molecule has 3 rings (SSSR count). The number of rotatable bonds is 9. The van der Waals surface area contributed by atoms with Gasteiger partial charge in [0, 0.05) is 51.1 Å². The van der Waals surface area contributed by atoms with Crippen LogP contribution >= 0.6 is 24.0 Å². The zero-order valence-corrected chi connectivity index (χ0v) is 20.1. The summed E-state index contributed by atoms with van der Waals surface area (Å²) in [4.78, 5) is 11.8. The molecule has 0 bridgehead atoms. The molecule has 2 heterocycles. The second kappa shape index (κ2) is 13.2. The molecule has 7 nitrogen and oxygen atoms in total. The van der Waals surface area contributed by atoms with Crippen LogP contribution in [0.15, 0.2) is 23.3 Å². The van der Waals surface area contributed by atoms with Gasteiger partial charge in [-0.1, -0.05) is 18.9 Å². The van der Waals surface area contributed by atoms with Crippen LogP contribution < -0.4 is 15.4 Å². The molecule has 0 amide bonds. The van der Waals surface area contributed by atoms with Crippen molar-refractivity contribution in [2.24, 2.45) is 4.99 Å². The molecule has 2 N–H and O–H groups in total. The van der Waals surface area contributed by atoms with E-state index in [4.69, 9.17) is 14.5 Å². The SMILES string of the molecule is CCNC(=NCc1ccc(OCCOC)nc1)NC1CCN(C2CCCC2)C1.I. The van der Waals surface area contributed by atoms with Crippen LogP contribution in [-0.4, -0.2) is 67.9 Å². The van der Waals surface area contributed by atoms with Gasteiger partial charge in [0.2, 0.25) is 5.88 Å². The molecule has 29 heavy (non-hydrogen) atoms. The highest BCUT2D eigenvalue weighted by Gasteiger charge is 2.30. The number of methoxy groups -OCH3 is 1. The number of guanidine groups is 1. The molecule has 0 spiro atoms. The van der Waals surface area contributed by atoms with Gasteiger partial charge in [0.25, 0.3) is 0 Å². The fourth-order valence-electron chi connectivity index (χ4n) is 4.01. The van der Waals surface area contributed by atoms with Crippen LogP contribution in [0.4, 0.5) is 0 Å². The van der Waals surface area contributed by atoms with Crippen molar-refractivity contribution >= 4 is 29.9 Å². The Balaban J connectivity index is 0.00000300. The molecule has 2 fully saturated rings. The van der Waals surface area contributed by atoms with Crippen molar-refractivity contribution in [3.8, 4) is 5.88 Å². The minimum Gasteiger partial charge on any atom is -0.475 e. The number of pyridine rings is 1. The first-order valence-corrected chi connectivity index (χ1v) is 10.6. The summed E-state index contributed by atoms with van der Waals surface area (Å²) in [6, 6.07) is 5.19. The Hall–Kier alpha value is -1.13. The highest BCUT2D eigenvalue weighted by molar-refractivity contribution is 14.0. The second-order valence-electron chi connectivity index (χ2n) is 7.60. The van der Waals surface area contributed by atoms with Crippen LogP contribution in [0.5, 0.6) is 5.88 Å². The summed E-state index contributed by atoms with van der Waals surface area (Å²) in [6.45, 7) is 6.96. The molecule has 1 aromatic heterocycles. The van der Waals surface area contributed by atoms with Crippen molar-refractivity contribution in [1.82, 2.24) is 20.5 Å². The first kappa shape index (κ1) is 24.1. The van der Waals surface area contributed by atoms with Gasteiger partial charge in [-0.15, -0.1) is 24.0 Å². The topological polar surface area (TPSA) is 71.0 Å². The Bertz CT molecular complexity index is 608. The van der Waals surface area contributed by atoms with Crippen LogP contribution in [0.3, 0.4) is 0 Å². The number of aromatic nitrogens is 1. The van der Waals surface area contributed by atoms with E-state index in [0.717, 1.165) is 30.7 Å². The molecule has 1 saturated heterocycles. The van der Waals surface area contributed by atoms with E-state index in [1.54, 1.807) is 7.11 Å². The van der Waals surface area contributed by atoms with Crippen molar-refractivity contribution in [2.75, 3.05) is 40.0 Å². The predicted molar refractivity (Wildman–Crippen MR) is 127 cm³/mol. The zero-order chi connectivity index (χ0) is 19.6. The highest BCUT2D eigenvalue weighted by atomic mass is 127. The molecular weight excluding hydrogens is 481 g/mol. The number of halogens is 1. The summed E-state index contributed by atoms with van der Waals surface area (Å²) in [5, 5.41) is 7.00. The maximum Gasteiger partial charge on any atom is 0.213 e. The van der Waals surface area contributed by atoms with Gasteiger partial charge in [-0.3, -0.25) is 4.90 Å². The Labute approximate surface area is 192 Å². The third-order valence-corrected chi connectivity index (χ3v) is 5.50. The number of nitrogens with zero attached hydrogens (tertiary/aromatic N) is 3. The van der Waals surface area contributed by atoms with Crippen molar-refractivity contribution in [2.45, 2.75) is 57.7 Å². The summed E-state index contributed by atoms with van der Waals surface area (Å²) in [5.41, 5.74) is 1.07. The zero-order valence-electron chi connectivity index (χ0n) is 17.7. The van der Waals surface area contributed by atoms with Gasteiger partial charge >= 0.3 is 0 Å². The number of likely N-dealkylation sites (tertiary alicyclic amines) is 1. The van der Waals surface area contributed by atoms with E-state index in [0.29, 0.717) is 31.7 Å². The molecule has 164 valence electrons. The maximum absolute atomic E-state index is 5.51. The summed E-state index contributed by atoms with van der Waals surface area (Å²) >= 11 is 0. The minimum absolute atomic E-state index is 0. The Morgan fingerprint density at radius 3 is 2.76 bits per heavy atom. The maximum atomic E-state index is 5.51. The number of hydrogen-bond donors (Lipinski definition) is 2. The van der Waals surface area contributed by atoms with Gasteiger partial charge in [-0.25, -0.2) is 9.98 Å². The smallest absolute Gasteiger partial charge is 0.213 e. The fraction of sp³-hybridized carbons (Fsp3) is 0.714. The van der Waals surface area contributed by atoms with E-state index in [1.807, 2.05) is 18.3 Å². The van der Waals surface area contributed by atoms with Crippen LogP contribution in [0.2, 0.25) is 0 Å². The minimum atomic E-state index is 0. The lowest BCUT2D eigenvalue weighted by Gasteiger charge is -2.24. The number of aliphatic imine (C=N–C) groups is 1. The van der Waals surface area contributed by atoms with Crippen molar-refractivity contribution in [1.29, 1.82) is 0 Å². The van der Waals surface area contributed by atoms with E-state index in [-0.39, 0.29) is 24.0 Å². The van der Waals surface area contributed by atoms with E-state index in [2.05, 4.69) is 27.4 Å². The Kier molecular flexibility index (Phi) is 11.0. The van der Waals surface area contributed by atoms with Crippen LogP contribution in [-0.2, 0) is 11.3 Å². The third-order valence-electron chi connectivity index (χ3n) is 5.50. The lowest BCUT2D eigenvalue weighted by molar-refractivity contribution is 0.143. The molecule has 1 atom stereocenters. The first-order chi connectivity index (χ1) is 13.8. The van der Waals surface area contributed by atoms with E-state index < -0.39 is 0 Å². The van der Waals surface area contributed by atoms with Crippen molar-refractivity contribution < 1.29 is 9.47 Å². The highest BCUT2D eigenvalue weighted by Crippen LogP contribution is 2.26. The molecule has 1 aliphatic heterocycles. The standard InChI is InChI=1S/C21H35N5O2.HI/c1-3-22-21(25-18-10-11-26(16-18)19-6-4-5-7-19)24-15-17-8-9-20(23-14-17)28-13-12-27-2;/h8-9,14,18-19H,3-7,10-13,15-16H2,1-2H3,(H2,22,24,25);1H. The van der Waals surface area contributed by atoms with Crippen LogP contribution in [0.25, 0.3) is 0 Å². The molecule has 1 aliphatic carbocycles. The predicted octanol–water partition coefficient (Wildman–Crippen LogP) is 2.80. The third kappa shape index (κ3) is 7.90.